The lowest BCUT2D eigenvalue weighted by atomic mass is 10.1. The molecule has 2 aliphatic rings. The van der Waals surface area contributed by atoms with Gasteiger partial charge < -0.3 is 15.0 Å². The number of methoxy groups -OCH3 is 1. The van der Waals surface area contributed by atoms with Crippen LogP contribution in [-0.4, -0.2) is 61.7 Å². The Hall–Kier alpha value is -2.77. The SMILES string of the molecule is COc1ccccc1C1NC(=O)N(CN2CCN(c3cccc(Cl)c3)CC2)C1=O. The zero-order chi connectivity index (χ0) is 20.4. The van der Waals surface area contributed by atoms with E-state index in [1.807, 2.05) is 36.4 Å². The second-order valence-electron chi connectivity index (χ2n) is 7.12. The predicted molar refractivity (Wildman–Crippen MR) is 111 cm³/mol. The van der Waals surface area contributed by atoms with Gasteiger partial charge in [-0.15, -0.1) is 0 Å². The van der Waals surface area contributed by atoms with Crippen LogP contribution in [0.4, 0.5) is 10.5 Å². The molecule has 2 aromatic rings. The molecule has 4 rings (SSSR count). The number of nitrogens with zero attached hydrogens (tertiary/aromatic N) is 3. The lowest BCUT2D eigenvalue weighted by Gasteiger charge is -2.37. The molecule has 2 fully saturated rings. The van der Waals surface area contributed by atoms with Crippen LogP contribution in [0.5, 0.6) is 5.75 Å². The Bertz CT molecular complexity index is 914. The fourth-order valence-electron chi connectivity index (χ4n) is 3.79. The molecule has 0 aliphatic carbocycles. The maximum Gasteiger partial charge on any atom is 0.326 e. The first-order valence-corrected chi connectivity index (χ1v) is 9.92. The van der Waals surface area contributed by atoms with Crippen LogP contribution in [0.2, 0.25) is 5.02 Å². The van der Waals surface area contributed by atoms with Gasteiger partial charge >= 0.3 is 6.03 Å². The number of ether oxygens (including phenoxy) is 1. The molecular weight excluding hydrogens is 392 g/mol. The molecule has 152 valence electrons. The number of imide groups is 1. The largest absolute Gasteiger partial charge is 0.496 e. The van der Waals surface area contributed by atoms with Gasteiger partial charge in [0.1, 0.15) is 11.8 Å². The Balaban J connectivity index is 1.39. The van der Waals surface area contributed by atoms with E-state index in [0.29, 0.717) is 16.3 Å². The number of carbonyl (C=O) groups is 2. The number of carbonyl (C=O) groups excluding carboxylic acids is 2. The summed E-state index contributed by atoms with van der Waals surface area (Å²) < 4.78 is 5.34. The van der Waals surface area contributed by atoms with Gasteiger partial charge in [-0.3, -0.25) is 9.69 Å². The van der Waals surface area contributed by atoms with Crippen molar-refractivity contribution < 1.29 is 14.3 Å². The van der Waals surface area contributed by atoms with Gasteiger partial charge in [-0.2, -0.15) is 0 Å². The molecule has 8 heteroatoms. The van der Waals surface area contributed by atoms with Gasteiger partial charge in [0.15, 0.2) is 0 Å². The second-order valence-corrected chi connectivity index (χ2v) is 7.55. The molecule has 2 heterocycles. The van der Waals surface area contributed by atoms with Gasteiger partial charge in [0.25, 0.3) is 5.91 Å². The van der Waals surface area contributed by atoms with Crippen molar-refractivity contribution in [1.82, 2.24) is 15.1 Å². The van der Waals surface area contributed by atoms with Crippen molar-refractivity contribution in [2.75, 3.05) is 44.9 Å². The summed E-state index contributed by atoms with van der Waals surface area (Å²) in [6.45, 7) is 3.39. The van der Waals surface area contributed by atoms with E-state index in [0.717, 1.165) is 31.9 Å². The van der Waals surface area contributed by atoms with Crippen molar-refractivity contribution in [3.8, 4) is 5.75 Å². The van der Waals surface area contributed by atoms with Gasteiger partial charge in [0.05, 0.1) is 13.8 Å². The van der Waals surface area contributed by atoms with E-state index in [2.05, 4.69) is 15.1 Å². The molecule has 0 aromatic heterocycles. The fourth-order valence-corrected chi connectivity index (χ4v) is 3.97. The van der Waals surface area contributed by atoms with E-state index in [1.165, 1.54) is 4.90 Å². The number of nitrogens with one attached hydrogen (secondary N) is 1. The molecule has 1 N–H and O–H groups in total. The number of amides is 3. The molecule has 0 radical (unpaired) electrons. The summed E-state index contributed by atoms with van der Waals surface area (Å²) in [6.07, 6.45) is 0. The van der Waals surface area contributed by atoms with Crippen molar-refractivity contribution >= 4 is 29.2 Å². The van der Waals surface area contributed by atoms with Crippen molar-refractivity contribution in [1.29, 1.82) is 0 Å². The monoisotopic (exact) mass is 414 g/mol. The summed E-state index contributed by atoms with van der Waals surface area (Å²) in [5.74, 6) is 0.333. The normalized spacial score (nSPS) is 20.1. The van der Waals surface area contributed by atoms with Crippen molar-refractivity contribution in [3.63, 3.8) is 0 Å². The zero-order valence-corrected chi connectivity index (χ0v) is 16.9. The lowest BCUT2D eigenvalue weighted by Crippen LogP contribution is -2.51. The van der Waals surface area contributed by atoms with Gasteiger partial charge in [0.2, 0.25) is 0 Å². The highest BCUT2D eigenvalue weighted by Crippen LogP contribution is 2.29. The van der Waals surface area contributed by atoms with Crippen LogP contribution in [-0.2, 0) is 4.79 Å². The van der Waals surface area contributed by atoms with Gasteiger partial charge in [0, 0.05) is 42.5 Å². The van der Waals surface area contributed by atoms with Crippen LogP contribution in [0.1, 0.15) is 11.6 Å². The molecule has 2 saturated heterocycles. The molecule has 2 aromatic carbocycles. The molecule has 0 saturated carbocycles. The van der Waals surface area contributed by atoms with E-state index < -0.39 is 6.04 Å². The maximum absolute atomic E-state index is 12.9. The van der Waals surface area contributed by atoms with E-state index >= 15 is 0 Å². The molecular formula is C21H23ClN4O3. The Morgan fingerprint density at radius 1 is 1.07 bits per heavy atom. The number of halogens is 1. The smallest absolute Gasteiger partial charge is 0.326 e. The lowest BCUT2D eigenvalue weighted by molar-refractivity contribution is -0.129. The third-order valence-corrected chi connectivity index (χ3v) is 5.60. The Morgan fingerprint density at radius 3 is 2.55 bits per heavy atom. The minimum absolute atomic E-state index is 0.253. The number of benzene rings is 2. The first-order chi connectivity index (χ1) is 14.1. The number of hydrogen-bond acceptors (Lipinski definition) is 5. The molecule has 3 amide bonds. The minimum atomic E-state index is -0.716. The highest BCUT2D eigenvalue weighted by Gasteiger charge is 2.41. The number of rotatable bonds is 5. The standard InChI is InChI=1S/C21H23ClN4O3/c1-29-18-8-3-2-7-17(18)19-20(27)26(21(28)23-19)14-24-9-11-25(12-10-24)16-6-4-5-15(22)13-16/h2-8,13,19H,9-12,14H2,1H3,(H,23,28). The maximum atomic E-state index is 12.9. The highest BCUT2D eigenvalue weighted by atomic mass is 35.5. The minimum Gasteiger partial charge on any atom is -0.496 e. The van der Waals surface area contributed by atoms with Crippen LogP contribution in [0.25, 0.3) is 0 Å². The second kappa shape index (κ2) is 8.31. The summed E-state index contributed by atoms with van der Waals surface area (Å²) in [7, 11) is 1.55. The molecule has 0 bridgehead atoms. The quantitative estimate of drug-likeness (QED) is 0.762. The molecule has 1 unspecified atom stereocenters. The highest BCUT2D eigenvalue weighted by molar-refractivity contribution is 6.30. The summed E-state index contributed by atoms with van der Waals surface area (Å²) in [4.78, 5) is 31.0. The third-order valence-electron chi connectivity index (χ3n) is 5.36. The third kappa shape index (κ3) is 4.02. The van der Waals surface area contributed by atoms with Crippen molar-refractivity contribution in [2.45, 2.75) is 6.04 Å². The Morgan fingerprint density at radius 2 is 1.83 bits per heavy atom. The number of hydrogen-bond donors (Lipinski definition) is 1. The topological polar surface area (TPSA) is 65.1 Å². The van der Waals surface area contributed by atoms with Crippen LogP contribution in [0.15, 0.2) is 48.5 Å². The number of anilines is 1. The Labute approximate surface area is 174 Å². The van der Waals surface area contributed by atoms with Crippen molar-refractivity contribution in [2.24, 2.45) is 0 Å². The van der Waals surface area contributed by atoms with E-state index in [-0.39, 0.29) is 18.6 Å². The average Bonchev–Trinajstić information content (AvgIpc) is 3.02. The molecule has 2 aliphatic heterocycles. The van der Waals surface area contributed by atoms with Crippen LogP contribution < -0.4 is 15.0 Å². The number of piperazine rings is 1. The first kappa shape index (κ1) is 19.5. The average molecular weight is 415 g/mol. The number of urea groups is 1. The van der Waals surface area contributed by atoms with Crippen LogP contribution in [0, 0.1) is 0 Å². The summed E-state index contributed by atoms with van der Waals surface area (Å²) >= 11 is 6.09. The molecule has 7 nitrogen and oxygen atoms in total. The molecule has 29 heavy (non-hydrogen) atoms. The zero-order valence-electron chi connectivity index (χ0n) is 16.2. The summed E-state index contributed by atoms with van der Waals surface area (Å²) in [5, 5.41) is 3.50. The summed E-state index contributed by atoms with van der Waals surface area (Å²) in [5.41, 5.74) is 1.75. The van der Waals surface area contributed by atoms with Crippen LogP contribution >= 0.6 is 11.6 Å². The van der Waals surface area contributed by atoms with E-state index in [9.17, 15) is 9.59 Å². The Kier molecular flexibility index (Phi) is 5.60. The van der Waals surface area contributed by atoms with E-state index in [1.54, 1.807) is 19.2 Å². The first-order valence-electron chi connectivity index (χ1n) is 9.54. The van der Waals surface area contributed by atoms with Gasteiger partial charge in [-0.05, 0) is 24.3 Å². The van der Waals surface area contributed by atoms with Crippen LogP contribution in [0.3, 0.4) is 0 Å². The van der Waals surface area contributed by atoms with E-state index in [4.69, 9.17) is 16.3 Å². The molecule has 0 spiro atoms. The molecule has 1 atom stereocenters. The summed E-state index contributed by atoms with van der Waals surface area (Å²) in [6, 6.07) is 13.9. The van der Waals surface area contributed by atoms with Gasteiger partial charge in [-0.25, -0.2) is 9.69 Å². The number of para-hydroxylation sites is 1. The predicted octanol–water partition coefficient (Wildman–Crippen LogP) is 2.72. The fraction of sp³-hybridized carbons (Fsp3) is 0.333. The van der Waals surface area contributed by atoms with Crippen molar-refractivity contribution in [3.05, 3.63) is 59.1 Å². The van der Waals surface area contributed by atoms with Gasteiger partial charge in [-0.1, -0.05) is 35.9 Å².